The van der Waals surface area contributed by atoms with Crippen LogP contribution in [0.5, 0.6) is 0 Å². The molecule has 4 nitrogen and oxygen atoms in total. The summed E-state index contributed by atoms with van der Waals surface area (Å²) in [6, 6.07) is 0.473. The van der Waals surface area contributed by atoms with Gasteiger partial charge in [0, 0.05) is 22.6 Å². The van der Waals surface area contributed by atoms with E-state index >= 15 is 0 Å². The van der Waals surface area contributed by atoms with Crippen molar-refractivity contribution in [1.82, 2.24) is 20.2 Å². The quantitative estimate of drug-likeness (QED) is 0.773. The summed E-state index contributed by atoms with van der Waals surface area (Å²) >= 11 is 2.25. The molecule has 5 heteroatoms. The van der Waals surface area contributed by atoms with Crippen LogP contribution in [0.3, 0.4) is 0 Å². The van der Waals surface area contributed by atoms with Gasteiger partial charge in [-0.2, -0.15) is 0 Å². The van der Waals surface area contributed by atoms with Crippen LogP contribution < -0.4 is 0 Å². The van der Waals surface area contributed by atoms with Crippen molar-refractivity contribution in [3.63, 3.8) is 0 Å². The van der Waals surface area contributed by atoms with Crippen LogP contribution in [0.4, 0.5) is 0 Å². The Bertz CT molecular complexity index is 372. The highest BCUT2D eigenvalue weighted by atomic mass is 127. The van der Waals surface area contributed by atoms with Gasteiger partial charge >= 0.3 is 0 Å². The molecule has 102 valence electrons. The monoisotopic (exact) mass is 362 g/mol. The lowest BCUT2D eigenvalue weighted by Crippen LogP contribution is -2.37. The zero-order valence-corrected chi connectivity index (χ0v) is 13.8. The topological polar surface area (TPSA) is 43.6 Å². The Kier molecular flexibility index (Phi) is 4.61. The SMILES string of the molecule is CC(C)C1CCCC(C(C)C)C1n1nnnc1I. The van der Waals surface area contributed by atoms with Crippen molar-refractivity contribution in [2.75, 3.05) is 0 Å². The molecule has 0 spiro atoms. The minimum atomic E-state index is 0.473. The summed E-state index contributed by atoms with van der Waals surface area (Å²) in [4.78, 5) is 0. The fraction of sp³-hybridized carbons (Fsp3) is 0.923. The van der Waals surface area contributed by atoms with E-state index in [1.165, 1.54) is 19.3 Å². The van der Waals surface area contributed by atoms with E-state index in [0.717, 1.165) is 3.83 Å². The molecule has 1 fully saturated rings. The Labute approximate surface area is 123 Å². The van der Waals surface area contributed by atoms with E-state index in [1.54, 1.807) is 0 Å². The summed E-state index contributed by atoms with van der Waals surface area (Å²) in [5.74, 6) is 2.78. The average molecular weight is 362 g/mol. The van der Waals surface area contributed by atoms with E-state index < -0.39 is 0 Å². The van der Waals surface area contributed by atoms with Gasteiger partial charge in [0.2, 0.25) is 3.83 Å². The third-order valence-corrected chi connectivity index (χ3v) is 5.11. The summed E-state index contributed by atoms with van der Waals surface area (Å²) in [7, 11) is 0. The molecule has 1 aromatic rings. The molecule has 1 heterocycles. The molecule has 0 aromatic carbocycles. The molecule has 0 aliphatic heterocycles. The van der Waals surface area contributed by atoms with Crippen LogP contribution in [-0.4, -0.2) is 20.2 Å². The van der Waals surface area contributed by atoms with Gasteiger partial charge in [-0.1, -0.05) is 34.1 Å². The van der Waals surface area contributed by atoms with Crippen molar-refractivity contribution in [1.29, 1.82) is 0 Å². The fourth-order valence-corrected chi connectivity index (χ4v) is 3.95. The van der Waals surface area contributed by atoms with Crippen molar-refractivity contribution >= 4 is 22.6 Å². The number of halogens is 1. The number of rotatable bonds is 3. The van der Waals surface area contributed by atoms with Crippen LogP contribution in [0, 0.1) is 27.5 Å². The second kappa shape index (κ2) is 5.84. The summed E-state index contributed by atoms with van der Waals surface area (Å²) in [5, 5.41) is 12.2. The average Bonchev–Trinajstić information content (AvgIpc) is 2.74. The number of hydrogen-bond acceptors (Lipinski definition) is 3. The lowest BCUT2D eigenvalue weighted by atomic mass is 9.68. The van der Waals surface area contributed by atoms with Gasteiger partial charge in [-0.05, 0) is 46.9 Å². The molecule has 18 heavy (non-hydrogen) atoms. The molecule has 1 aliphatic carbocycles. The Morgan fingerprint density at radius 2 is 1.67 bits per heavy atom. The van der Waals surface area contributed by atoms with Crippen LogP contribution in [0.2, 0.25) is 0 Å². The molecule has 0 bridgehead atoms. The second-order valence-electron chi connectivity index (χ2n) is 6.13. The van der Waals surface area contributed by atoms with E-state index in [1.807, 2.05) is 0 Å². The van der Waals surface area contributed by atoms with E-state index in [4.69, 9.17) is 0 Å². The lowest BCUT2D eigenvalue weighted by molar-refractivity contribution is 0.0776. The first-order valence-corrected chi connectivity index (χ1v) is 8.03. The maximum Gasteiger partial charge on any atom is 0.212 e. The predicted octanol–water partition coefficient (Wildman–Crippen LogP) is 3.55. The zero-order chi connectivity index (χ0) is 13.3. The molecule has 2 rings (SSSR count). The highest BCUT2D eigenvalue weighted by Gasteiger charge is 2.39. The van der Waals surface area contributed by atoms with Crippen molar-refractivity contribution < 1.29 is 0 Å². The van der Waals surface area contributed by atoms with Crippen molar-refractivity contribution in [2.24, 2.45) is 23.7 Å². The summed E-state index contributed by atoms with van der Waals surface area (Å²) < 4.78 is 3.01. The van der Waals surface area contributed by atoms with Gasteiger partial charge in [-0.15, -0.1) is 5.10 Å². The number of nitrogens with zero attached hydrogens (tertiary/aromatic N) is 4. The van der Waals surface area contributed by atoms with Gasteiger partial charge in [0.15, 0.2) is 0 Å². The van der Waals surface area contributed by atoms with Crippen LogP contribution in [0.1, 0.15) is 53.0 Å². The highest BCUT2D eigenvalue weighted by molar-refractivity contribution is 14.1. The van der Waals surface area contributed by atoms with Crippen LogP contribution in [-0.2, 0) is 0 Å². The summed E-state index contributed by atoms with van der Waals surface area (Å²) in [6.45, 7) is 9.32. The first-order chi connectivity index (χ1) is 8.52. The second-order valence-corrected chi connectivity index (χ2v) is 7.09. The molecular formula is C13H23IN4. The van der Waals surface area contributed by atoms with E-state index in [0.29, 0.717) is 29.7 Å². The molecule has 1 aliphatic rings. The minimum Gasteiger partial charge on any atom is -0.217 e. The van der Waals surface area contributed by atoms with Crippen LogP contribution in [0.25, 0.3) is 0 Å². The standard InChI is InChI=1S/C13H23IN4/c1-8(2)10-6-5-7-11(9(3)4)12(10)18-13(14)15-16-17-18/h8-12H,5-7H2,1-4H3. The Hall–Kier alpha value is -0.200. The molecule has 0 radical (unpaired) electrons. The summed E-state index contributed by atoms with van der Waals surface area (Å²) in [6.07, 6.45) is 3.96. The largest absolute Gasteiger partial charge is 0.217 e. The smallest absolute Gasteiger partial charge is 0.212 e. The van der Waals surface area contributed by atoms with E-state index in [-0.39, 0.29) is 0 Å². The van der Waals surface area contributed by atoms with Gasteiger partial charge in [0.1, 0.15) is 0 Å². The van der Waals surface area contributed by atoms with Crippen LogP contribution >= 0.6 is 22.6 Å². The number of aromatic nitrogens is 4. The molecule has 0 N–H and O–H groups in total. The zero-order valence-electron chi connectivity index (χ0n) is 11.7. The lowest BCUT2D eigenvalue weighted by Gasteiger charge is -2.42. The Morgan fingerprint density at radius 3 is 2.06 bits per heavy atom. The molecule has 0 amide bonds. The third kappa shape index (κ3) is 2.70. The Morgan fingerprint density at radius 1 is 1.11 bits per heavy atom. The fourth-order valence-electron chi connectivity index (χ4n) is 3.43. The van der Waals surface area contributed by atoms with Crippen LogP contribution in [0.15, 0.2) is 0 Å². The van der Waals surface area contributed by atoms with Crippen molar-refractivity contribution in [3.05, 3.63) is 3.83 Å². The minimum absolute atomic E-state index is 0.473. The molecular weight excluding hydrogens is 339 g/mol. The van der Waals surface area contributed by atoms with Gasteiger partial charge in [-0.3, -0.25) is 0 Å². The third-order valence-electron chi connectivity index (χ3n) is 4.40. The maximum absolute atomic E-state index is 4.25. The molecule has 1 saturated carbocycles. The molecule has 2 unspecified atom stereocenters. The van der Waals surface area contributed by atoms with Crippen molar-refractivity contribution in [2.45, 2.75) is 53.0 Å². The summed E-state index contributed by atoms with van der Waals surface area (Å²) in [5.41, 5.74) is 0. The predicted molar refractivity (Wildman–Crippen MR) is 80.1 cm³/mol. The van der Waals surface area contributed by atoms with Gasteiger partial charge < -0.3 is 0 Å². The first kappa shape index (κ1) is 14.2. The first-order valence-electron chi connectivity index (χ1n) is 6.95. The van der Waals surface area contributed by atoms with E-state index in [2.05, 4.69) is 70.5 Å². The normalized spacial score (nSPS) is 29.2. The van der Waals surface area contributed by atoms with E-state index in [9.17, 15) is 0 Å². The number of hydrogen-bond donors (Lipinski definition) is 0. The maximum atomic E-state index is 4.25. The molecule has 0 saturated heterocycles. The van der Waals surface area contributed by atoms with Gasteiger partial charge in [-0.25, -0.2) is 4.68 Å². The molecule has 1 aromatic heterocycles. The molecule has 2 atom stereocenters. The highest BCUT2D eigenvalue weighted by Crippen LogP contribution is 2.45. The van der Waals surface area contributed by atoms with Gasteiger partial charge in [0.25, 0.3) is 0 Å². The van der Waals surface area contributed by atoms with Gasteiger partial charge in [0.05, 0.1) is 6.04 Å². The Balaban J connectivity index is 2.35. The number of tetrazole rings is 1. The van der Waals surface area contributed by atoms with Crippen molar-refractivity contribution in [3.8, 4) is 0 Å².